The molecule has 2 aromatic heterocycles. The molecule has 1 N–H and O–H groups in total. The molecule has 2 unspecified atom stereocenters. The molecule has 1 aliphatic rings. The van der Waals surface area contributed by atoms with Gasteiger partial charge in [0.15, 0.2) is 5.82 Å². The molecule has 0 aliphatic heterocycles. The van der Waals surface area contributed by atoms with Crippen molar-refractivity contribution >= 4 is 23.2 Å². The van der Waals surface area contributed by atoms with Crippen molar-refractivity contribution in [2.75, 3.05) is 0 Å². The SMILES string of the molecule is C[C@@H](NC1CCC(c2nc(Cn3ccccc3=O)no2)C1)c1cccc2ccccc12.Cl. The predicted octanol–water partition coefficient (Wildman–Crippen LogP) is 4.84. The summed E-state index contributed by atoms with van der Waals surface area (Å²) in [4.78, 5) is 16.5. The van der Waals surface area contributed by atoms with Gasteiger partial charge in [-0.25, -0.2) is 0 Å². The number of halogens is 1. The molecule has 0 bridgehead atoms. The third kappa shape index (κ3) is 4.61. The summed E-state index contributed by atoms with van der Waals surface area (Å²) in [5.41, 5.74) is 1.26. The molecule has 0 radical (unpaired) electrons. The van der Waals surface area contributed by atoms with Crippen molar-refractivity contribution in [1.29, 1.82) is 0 Å². The zero-order valence-corrected chi connectivity index (χ0v) is 18.8. The van der Waals surface area contributed by atoms with Gasteiger partial charge in [0.25, 0.3) is 5.56 Å². The maximum Gasteiger partial charge on any atom is 0.250 e. The number of benzene rings is 2. The van der Waals surface area contributed by atoms with Crippen LogP contribution in [0, 0.1) is 0 Å². The average Bonchev–Trinajstić information content (AvgIpc) is 3.44. The normalized spacial score (nSPS) is 19.0. The smallest absolute Gasteiger partial charge is 0.250 e. The highest BCUT2D eigenvalue weighted by Crippen LogP contribution is 2.35. The van der Waals surface area contributed by atoms with Gasteiger partial charge in [-0.3, -0.25) is 4.79 Å². The number of nitrogens with zero attached hydrogens (tertiary/aromatic N) is 3. The second kappa shape index (κ2) is 9.67. The molecule has 166 valence electrons. The van der Waals surface area contributed by atoms with Gasteiger partial charge in [0, 0.05) is 30.3 Å². The summed E-state index contributed by atoms with van der Waals surface area (Å²) in [6.07, 6.45) is 4.81. The van der Waals surface area contributed by atoms with E-state index in [1.165, 1.54) is 22.4 Å². The molecular formula is C25H27ClN4O2. The van der Waals surface area contributed by atoms with Crippen molar-refractivity contribution in [3.8, 4) is 0 Å². The van der Waals surface area contributed by atoms with Gasteiger partial charge < -0.3 is 14.4 Å². The summed E-state index contributed by atoms with van der Waals surface area (Å²) in [5, 5.41) is 10.5. The number of hydrogen-bond acceptors (Lipinski definition) is 5. The first-order valence-corrected chi connectivity index (χ1v) is 10.9. The Morgan fingerprint density at radius 1 is 1.09 bits per heavy atom. The van der Waals surface area contributed by atoms with E-state index in [2.05, 4.69) is 64.8 Å². The van der Waals surface area contributed by atoms with E-state index < -0.39 is 0 Å². The highest BCUT2D eigenvalue weighted by molar-refractivity contribution is 5.86. The molecule has 1 aliphatic carbocycles. The Labute approximate surface area is 193 Å². The maximum absolute atomic E-state index is 11.9. The van der Waals surface area contributed by atoms with Crippen molar-refractivity contribution in [3.63, 3.8) is 0 Å². The molecule has 1 saturated carbocycles. The predicted molar refractivity (Wildman–Crippen MR) is 127 cm³/mol. The summed E-state index contributed by atoms with van der Waals surface area (Å²) >= 11 is 0. The molecule has 2 heterocycles. The van der Waals surface area contributed by atoms with Gasteiger partial charge in [-0.2, -0.15) is 4.98 Å². The molecule has 4 aromatic rings. The minimum absolute atomic E-state index is 0. The molecule has 1 fully saturated rings. The Kier molecular flexibility index (Phi) is 6.72. The molecule has 0 spiro atoms. The van der Waals surface area contributed by atoms with Crippen molar-refractivity contribution in [2.24, 2.45) is 0 Å². The lowest BCUT2D eigenvalue weighted by Gasteiger charge is -2.21. The average molecular weight is 451 g/mol. The standard InChI is InChI=1S/C25H26N4O2.ClH/c1-17(21-10-6-8-18-7-2-3-9-22(18)21)26-20-13-12-19(15-20)25-27-23(28-31-25)16-29-14-5-4-11-24(29)30;/h2-11,14,17,19-20,26H,12-13,15-16H2,1H3;1H/t17-,19?,20?;/m1./s1. The van der Waals surface area contributed by atoms with Gasteiger partial charge in [-0.1, -0.05) is 53.7 Å². The van der Waals surface area contributed by atoms with Gasteiger partial charge in [0.05, 0.1) is 6.54 Å². The van der Waals surface area contributed by atoms with Crippen molar-refractivity contribution in [3.05, 3.63) is 94.5 Å². The lowest BCUT2D eigenvalue weighted by atomic mass is 9.99. The Morgan fingerprint density at radius 3 is 2.78 bits per heavy atom. The summed E-state index contributed by atoms with van der Waals surface area (Å²) in [7, 11) is 0. The highest BCUT2D eigenvalue weighted by atomic mass is 35.5. The summed E-state index contributed by atoms with van der Waals surface area (Å²) in [5.74, 6) is 1.48. The molecule has 2 aromatic carbocycles. The number of nitrogens with one attached hydrogen (secondary N) is 1. The van der Waals surface area contributed by atoms with Crippen LogP contribution < -0.4 is 10.9 Å². The van der Waals surface area contributed by atoms with Crippen LogP contribution in [-0.2, 0) is 6.54 Å². The van der Waals surface area contributed by atoms with Gasteiger partial charge in [-0.05, 0) is 48.6 Å². The third-order valence-electron chi connectivity index (χ3n) is 6.25. The Morgan fingerprint density at radius 2 is 1.91 bits per heavy atom. The molecular weight excluding hydrogens is 424 g/mol. The Hall–Kier alpha value is -2.96. The summed E-state index contributed by atoms with van der Waals surface area (Å²) in [6.45, 7) is 2.56. The second-order valence-electron chi connectivity index (χ2n) is 8.38. The topological polar surface area (TPSA) is 73.0 Å². The first-order valence-electron chi connectivity index (χ1n) is 10.9. The highest BCUT2D eigenvalue weighted by Gasteiger charge is 2.31. The van der Waals surface area contributed by atoms with Crippen molar-refractivity contribution in [2.45, 2.75) is 50.7 Å². The van der Waals surface area contributed by atoms with E-state index in [0.29, 0.717) is 24.3 Å². The summed E-state index contributed by atoms with van der Waals surface area (Å²) in [6, 6.07) is 20.8. The van der Waals surface area contributed by atoms with E-state index in [0.717, 1.165) is 19.3 Å². The first kappa shape index (κ1) is 22.2. The van der Waals surface area contributed by atoms with E-state index in [4.69, 9.17) is 4.52 Å². The summed E-state index contributed by atoms with van der Waals surface area (Å²) < 4.78 is 7.13. The fraction of sp³-hybridized carbons (Fsp3) is 0.320. The van der Waals surface area contributed by atoms with Crippen molar-refractivity contribution < 1.29 is 4.52 Å². The van der Waals surface area contributed by atoms with Crippen LogP contribution >= 0.6 is 12.4 Å². The molecule has 6 nitrogen and oxygen atoms in total. The van der Waals surface area contributed by atoms with Crippen LogP contribution in [0.3, 0.4) is 0 Å². The molecule has 5 rings (SSSR count). The molecule has 7 heteroatoms. The molecule has 32 heavy (non-hydrogen) atoms. The number of aromatic nitrogens is 3. The fourth-order valence-corrected chi connectivity index (χ4v) is 4.67. The number of rotatable bonds is 6. The largest absolute Gasteiger partial charge is 0.339 e. The van der Waals surface area contributed by atoms with E-state index >= 15 is 0 Å². The Balaban J connectivity index is 0.00000245. The van der Waals surface area contributed by atoms with Gasteiger partial charge in [0.2, 0.25) is 5.89 Å². The number of fused-ring (bicyclic) bond motifs is 1. The van der Waals surface area contributed by atoms with Crippen LogP contribution in [0.25, 0.3) is 10.8 Å². The van der Waals surface area contributed by atoms with Crippen LogP contribution in [-0.4, -0.2) is 20.7 Å². The zero-order chi connectivity index (χ0) is 21.2. The van der Waals surface area contributed by atoms with Gasteiger partial charge >= 0.3 is 0 Å². The number of pyridine rings is 1. The number of hydrogen-bond donors (Lipinski definition) is 1. The van der Waals surface area contributed by atoms with E-state index in [9.17, 15) is 4.79 Å². The van der Waals surface area contributed by atoms with E-state index in [1.807, 2.05) is 6.07 Å². The molecule has 0 saturated heterocycles. The lowest BCUT2D eigenvalue weighted by molar-refractivity contribution is 0.345. The third-order valence-corrected chi connectivity index (χ3v) is 6.25. The van der Waals surface area contributed by atoms with E-state index in [1.54, 1.807) is 16.8 Å². The Bertz CT molecular complexity index is 1250. The van der Waals surface area contributed by atoms with Crippen LogP contribution in [0.4, 0.5) is 0 Å². The van der Waals surface area contributed by atoms with Gasteiger partial charge in [0.1, 0.15) is 0 Å². The fourth-order valence-electron chi connectivity index (χ4n) is 4.67. The van der Waals surface area contributed by atoms with Gasteiger partial charge in [-0.15, -0.1) is 12.4 Å². The van der Waals surface area contributed by atoms with Crippen molar-refractivity contribution in [1.82, 2.24) is 20.0 Å². The lowest BCUT2D eigenvalue weighted by Crippen LogP contribution is -2.29. The quantitative estimate of drug-likeness (QED) is 0.455. The first-order chi connectivity index (χ1) is 15.2. The monoisotopic (exact) mass is 450 g/mol. The van der Waals surface area contributed by atoms with Crippen LogP contribution in [0.2, 0.25) is 0 Å². The minimum Gasteiger partial charge on any atom is -0.339 e. The van der Waals surface area contributed by atoms with Crippen LogP contribution in [0.1, 0.15) is 55.4 Å². The maximum atomic E-state index is 11.9. The zero-order valence-electron chi connectivity index (χ0n) is 18.0. The minimum atomic E-state index is -0.0681. The second-order valence-corrected chi connectivity index (χ2v) is 8.38. The molecule has 0 amide bonds. The van der Waals surface area contributed by atoms with E-state index in [-0.39, 0.29) is 29.9 Å². The van der Waals surface area contributed by atoms with Crippen LogP contribution in [0.5, 0.6) is 0 Å². The van der Waals surface area contributed by atoms with Crippen LogP contribution in [0.15, 0.2) is 76.2 Å². The molecule has 3 atom stereocenters.